The average Bonchev–Trinajstić information content (AvgIpc) is 2.56. The lowest BCUT2D eigenvalue weighted by Gasteiger charge is -2.27. The maximum atomic E-state index is 12.6. The van der Waals surface area contributed by atoms with Gasteiger partial charge in [0.1, 0.15) is 0 Å². The molecule has 0 saturated heterocycles. The number of hydrogen-bond acceptors (Lipinski definition) is 4. The molecule has 0 saturated carbocycles. The Kier molecular flexibility index (Phi) is 7.00. The Labute approximate surface area is 145 Å². The molecule has 0 spiro atoms. The largest absolute Gasteiger partial charge is 0.465 e. The van der Waals surface area contributed by atoms with Gasteiger partial charge in [0.25, 0.3) is 0 Å². The van der Waals surface area contributed by atoms with Gasteiger partial charge in [0.2, 0.25) is 0 Å². The summed E-state index contributed by atoms with van der Waals surface area (Å²) in [7, 11) is 2.70. The topological polar surface area (TPSA) is 52.6 Å². The lowest BCUT2D eigenvalue weighted by Crippen LogP contribution is -2.22. The fourth-order valence-corrected chi connectivity index (χ4v) is 3.59. The molecule has 0 unspecified atom stereocenters. The first-order chi connectivity index (χ1) is 11.3. The van der Waals surface area contributed by atoms with Crippen LogP contribution in [0.2, 0.25) is 0 Å². The van der Waals surface area contributed by atoms with Gasteiger partial charge in [-0.3, -0.25) is 0 Å². The summed E-state index contributed by atoms with van der Waals surface area (Å²) >= 11 is 0. The molecule has 1 aromatic carbocycles. The van der Waals surface area contributed by atoms with Crippen molar-refractivity contribution in [3.05, 3.63) is 33.4 Å². The number of esters is 2. The molecule has 0 N–H and O–H groups in total. The molecular formula is C20H30O4. The third-order valence-electron chi connectivity index (χ3n) is 4.44. The van der Waals surface area contributed by atoms with E-state index in [1.54, 1.807) is 0 Å². The molecule has 0 aliphatic carbocycles. The maximum Gasteiger partial charge on any atom is 0.339 e. The molecule has 0 amide bonds. The van der Waals surface area contributed by atoms with E-state index in [1.165, 1.54) is 14.2 Å². The van der Waals surface area contributed by atoms with Crippen LogP contribution in [0.25, 0.3) is 0 Å². The number of carbonyl (C=O) groups is 2. The fourth-order valence-electron chi connectivity index (χ4n) is 3.59. The first-order valence-corrected chi connectivity index (χ1v) is 8.64. The third kappa shape index (κ3) is 3.47. The van der Waals surface area contributed by atoms with E-state index in [2.05, 4.69) is 20.8 Å². The molecule has 0 radical (unpaired) electrons. The highest BCUT2D eigenvalue weighted by atomic mass is 16.5. The summed E-state index contributed by atoms with van der Waals surface area (Å²) in [6, 6.07) is 0. The van der Waals surface area contributed by atoms with Gasteiger partial charge in [0.15, 0.2) is 0 Å². The van der Waals surface area contributed by atoms with Gasteiger partial charge < -0.3 is 9.47 Å². The Bertz CT molecular complexity index is 627. The van der Waals surface area contributed by atoms with E-state index >= 15 is 0 Å². The second-order valence-corrected chi connectivity index (χ2v) is 6.53. The second-order valence-electron chi connectivity index (χ2n) is 6.53. The van der Waals surface area contributed by atoms with E-state index < -0.39 is 11.9 Å². The monoisotopic (exact) mass is 334 g/mol. The first-order valence-electron chi connectivity index (χ1n) is 8.64. The zero-order valence-electron chi connectivity index (χ0n) is 16.2. The van der Waals surface area contributed by atoms with Crippen LogP contribution in [0, 0.1) is 0 Å². The Morgan fingerprint density at radius 2 is 1.17 bits per heavy atom. The summed E-state index contributed by atoms with van der Waals surface area (Å²) in [5.41, 5.74) is 4.87. The van der Waals surface area contributed by atoms with Crippen LogP contribution in [0.15, 0.2) is 0 Å². The minimum Gasteiger partial charge on any atom is -0.465 e. The normalized spacial score (nSPS) is 11.1. The highest BCUT2D eigenvalue weighted by Gasteiger charge is 2.32. The van der Waals surface area contributed by atoms with E-state index in [0.717, 1.165) is 28.7 Å². The first kappa shape index (κ1) is 20.2. The van der Waals surface area contributed by atoms with Gasteiger partial charge >= 0.3 is 11.9 Å². The van der Waals surface area contributed by atoms with E-state index in [9.17, 15) is 9.59 Å². The van der Waals surface area contributed by atoms with Gasteiger partial charge in [0.05, 0.1) is 25.3 Å². The number of carbonyl (C=O) groups excluding carboxylic acids is 2. The van der Waals surface area contributed by atoms with E-state index in [0.29, 0.717) is 17.5 Å². The van der Waals surface area contributed by atoms with Crippen LogP contribution < -0.4 is 0 Å². The summed E-state index contributed by atoms with van der Waals surface area (Å²) in [6.07, 6.45) is 1.47. The summed E-state index contributed by atoms with van der Waals surface area (Å²) in [5.74, 6) is -0.605. The number of methoxy groups -OCH3 is 2. The molecule has 0 fully saturated rings. The fraction of sp³-hybridized carbons (Fsp3) is 0.600. The van der Waals surface area contributed by atoms with Crippen LogP contribution in [0.4, 0.5) is 0 Å². The number of benzene rings is 1. The second kappa shape index (κ2) is 8.32. The van der Waals surface area contributed by atoms with Crippen molar-refractivity contribution in [3.63, 3.8) is 0 Å². The minimum absolute atomic E-state index is 0.0936. The SMILES string of the molecule is CCc1c(CC)c(C(C)C)c(C(C)C)c(C(=O)OC)c1C(=O)OC. The molecule has 1 rings (SSSR count). The van der Waals surface area contributed by atoms with Crippen LogP contribution in [0.5, 0.6) is 0 Å². The van der Waals surface area contributed by atoms with Crippen LogP contribution in [0.1, 0.15) is 96.3 Å². The lowest BCUT2D eigenvalue weighted by molar-refractivity contribution is 0.0552. The standard InChI is InChI=1S/C20H30O4/c1-9-13-14(10-2)17(19(21)23-7)18(20(22)24-8)16(12(5)6)15(13)11(3)4/h11-12H,9-10H2,1-8H3. The lowest BCUT2D eigenvalue weighted by atomic mass is 9.77. The Morgan fingerprint density at radius 3 is 1.50 bits per heavy atom. The van der Waals surface area contributed by atoms with Crippen molar-refractivity contribution in [3.8, 4) is 0 Å². The van der Waals surface area contributed by atoms with Crippen LogP contribution in [-0.4, -0.2) is 26.2 Å². The Morgan fingerprint density at radius 1 is 0.750 bits per heavy atom. The van der Waals surface area contributed by atoms with Gasteiger partial charge in [-0.05, 0) is 46.9 Å². The molecular weight excluding hydrogens is 304 g/mol. The Balaban J connectivity index is 4.17. The molecule has 0 bridgehead atoms. The van der Waals surface area contributed by atoms with Crippen molar-refractivity contribution < 1.29 is 19.1 Å². The van der Waals surface area contributed by atoms with E-state index in [-0.39, 0.29) is 11.8 Å². The zero-order chi connectivity index (χ0) is 18.6. The maximum absolute atomic E-state index is 12.6. The van der Waals surface area contributed by atoms with Gasteiger partial charge in [-0.1, -0.05) is 41.5 Å². The highest BCUT2D eigenvalue weighted by Crippen LogP contribution is 2.38. The van der Waals surface area contributed by atoms with Crippen molar-refractivity contribution in [2.45, 2.75) is 66.2 Å². The minimum atomic E-state index is -0.474. The molecule has 0 aromatic heterocycles. The molecule has 0 aliphatic heterocycles. The van der Waals surface area contributed by atoms with Crippen molar-refractivity contribution in [2.75, 3.05) is 14.2 Å². The van der Waals surface area contributed by atoms with Crippen LogP contribution in [-0.2, 0) is 22.3 Å². The van der Waals surface area contributed by atoms with Crippen molar-refractivity contribution >= 4 is 11.9 Å². The smallest absolute Gasteiger partial charge is 0.339 e. The molecule has 0 aliphatic rings. The van der Waals surface area contributed by atoms with Gasteiger partial charge in [-0.15, -0.1) is 0 Å². The summed E-state index contributed by atoms with van der Waals surface area (Å²) < 4.78 is 10.0. The van der Waals surface area contributed by atoms with E-state index in [4.69, 9.17) is 9.47 Å². The van der Waals surface area contributed by atoms with Crippen molar-refractivity contribution in [2.24, 2.45) is 0 Å². The number of ether oxygens (including phenoxy) is 2. The zero-order valence-corrected chi connectivity index (χ0v) is 16.2. The number of hydrogen-bond donors (Lipinski definition) is 0. The molecule has 0 atom stereocenters. The molecule has 1 aromatic rings. The van der Waals surface area contributed by atoms with Gasteiger partial charge in [-0.2, -0.15) is 0 Å². The molecule has 0 heterocycles. The van der Waals surface area contributed by atoms with Crippen molar-refractivity contribution in [1.29, 1.82) is 0 Å². The molecule has 4 heteroatoms. The van der Waals surface area contributed by atoms with E-state index in [1.807, 2.05) is 20.8 Å². The quantitative estimate of drug-likeness (QED) is 0.712. The predicted octanol–water partition coefficient (Wildman–Crippen LogP) is 4.63. The third-order valence-corrected chi connectivity index (χ3v) is 4.44. The summed E-state index contributed by atoms with van der Waals surface area (Å²) in [6.45, 7) is 12.4. The predicted molar refractivity (Wildman–Crippen MR) is 96.1 cm³/mol. The van der Waals surface area contributed by atoms with Crippen LogP contribution >= 0.6 is 0 Å². The average molecular weight is 334 g/mol. The molecule has 134 valence electrons. The highest BCUT2D eigenvalue weighted by molar-refractivity contribution is 6.06. The summed E-state index contributed by atoms with van der Waals surface area (Å²) in [5, 5.41) is 0. The molecule has 4 nitrogen and oxygen atoms in total. The molecule has 24 heavy (non-hydrogen) atoms. The van der Waals surface area contributed by atoms with Gasteiger partial charge in [0, 0.05) is 0 Å². The number of rotatable bonds is 6. The summed E-state index contributed by atoms with van der Waals surface area (Å²) in [4.78, 5) is 25.1. The van der Waals surface area contributed by atoms with Crippen molar-refractivity contribution in [1.82, 2.24) is 0 Å². The Hall–Kier alpha value is -1.84. The van der Waals surface area contributed by atoms with Gasteiger partial charge in [-0.25, -0.2) is 9.59 Å². The van der Waals surface area contributed by atoms with Crippen LogP contribution in [0.3, 0.4) is 0 Å².